The first-order chi connectivity index (χ1) is 8.04. The number of hydrogen-bond acceptors (Lipinski definition) is 4. The van der Waals surface area contributed by atoms with E-state index in [0.29, 0.717) is 0 Å². The molecule has 0 radical (unpaired) electrons. The van der Waals surface area contributed by atoms with Crippen LogP contribution in [-0.2, 0) is 4.74 Å². The number of halogens is 2. The lowest BCUT2D eigenvalue weighted by Gasteiger charge is -2.14. The van der Waals surface area contributed by atoms with Crippen molar-refractivity contribution in [1.29, 1.82) is 0 Å². The molecule has 94 valence electrons. The number of alkyl halides is 2. The van der Waals surface area contributed by atoms with Crippen LogP contribution in [0.2, 0.25) is 0 Å². The van der Waals surface area contributed by atoms with Gasteiger partial charge < -0.3 is 9.84 Å². The Labute approximate surface area is 93.5 Å². The van der Waals surface area contributed by atoms with Gasteiger partial charge in [0.15, 0.2) is 18.6 Å². The van der Waals surface area contributed by atoms with E-state index >= 15 is 0 Å². The van der Waals surface area contributed by atoms with Crippen molar-refractivity contribution in [3.8, 4) is 0 Å². The summed E-state index contributed by atoms with van der Waals surface area (Å²) in [6, 6.07) is 0.997. The maximum atomic E-state index is 13.5. The van der Waals surface area contributed by atoms with Gasteiger partial charge in [-0.2, -0.15) is 0 Å². The fourth-order valence-corrected chi connectivity index (χ4v) is 1.68. The smallest absolute Gasteiger partial charge is 0.330 e. The Morgan fingerprint density at radius 1 is 1.41 bits per heavy atom. The summed E-state index contributed by atoms with van der Waals surface area (Å²) in [5.74, 6) is 0. The fourth-order valence-electron chi connectivity index (χ4n) is 1.68. The lowest BCUT2D eigenvalue weighted by atomic mass is 10.2. The summed E-state index contributed by atoms with van der Waals surface area (Å²) in [5.41, 5.74) is -1.54. The summed E-state index contributed by atoms with van der Waals surface area (Å²) in [4.78, 5) is 24.1. The van der Waals surface area contributed by atoms with Gasteiger partial charge in [-0.15, -0.1) is 0 Å². The number of aliphatic hydroxyl groups is 1. The molecule has 1 aromatic rings. The number of rotatable bonds is 2. The van der Waals surface area contributed by atoms with Crippen LogP contribution < -0.4 is 11.2 Å². The fraction of sp³-hybridized carbons (Fsp3) is 0.556. The second-order valence-electron chi connectivity index (χ2n) is 3.65. The van der Waals surface area contributed by atoms with E-state index < -0.39 is 42.5 Å². The lowest BCUT2D eigenvalue weighted by molar-refractivity contribution is -0.0437. The van der Waals surface area contributed by atoms with E-state index in [4.69, 9.17) is 9.84 Å². The Morgan fingerprint density at radius 3 is 2.65 bits per heavy atom. The third-order valence-electron chi connectivity index (χ3n) is 2.55. The van der Waals surface area contributed by atoms with Crippen LogP contribution >= 0.6 is 0 Å². The quantitative estimate of drug-likeness (QED) is 0.710. The zero-order valence-corrected chi connectivity index (χ0v) is 8.55. The first kappa shape index (κ1) is 11.9. The SMILES string of the molecule is O=c1ccn([C@@H]2O[C@H](CO)[C@@H](F)[C@H]2F)c(=O)[nH]1. The Balaban J connectivity index is 2.35. The van der Waals surface area contributed by atoms with Crippen molar-refractivity contribution in [2.45, 2.75) is 24.7 Å². The van der Waals surface area contributed by atoms with Gasteiger partial charge in [-0.3, -0.25) is 14.3 Å². The summed E-state index contributed by atoms with van der Waals surface area (Å²) >= 11 is 0. The van der Waals surface area contributed by atoms with Crippen molar-refractivity contribution in [2.24, 2.45) is 0 Å². The van der Waals surface area contributed by atoms with Crippen LogP contribution in [0.3, 0.4) is 0 Å². The van der Waals surface area contributed by atoms with E-state index in [1.807, 2.05) is 4.98 Å². The van der Waals surface area contributed by atoms with Crippen molar-refractivity contribution < 1.29 is 18.6 Å². The number of H-pyrrole nitrogens is 1. The van der Waals surface area contributed by atoms with Crippen LogP contribution in [0.4, 0.5) is 8.78 Å². The maximum absolute atomic E-state index is 13.5. The van der Waals surface area contributed by atoms with Crippen LogP contribution in [0.25, 0.3) is 0 Å². The van der Waals surface area contributed by atoms with E-state index in [9.17, 15) is 18.4 Å². The summed E-state index contributed by atoms with van der Waals surface area (Å²) in [5, 5.41) is 8.76. The monoisotopic (exact) mass is 248 g/mol. The summed E-state index contributed by atoms with van der Waals surface area (Å²) < 4.78 is 32.4. The lowest BCUT2D eigenvalue weighted by Crippen LogP contribution is -2.34. The van der Waals surface area contributed by atoms with E-state index in [-0.39, 0.29) is 0 Å². The van der Waals surface area contributed by atoms with E-state index in [0.717, 1.165) is 16.8 Å². The largest absolute Gasteiger partial charge is 0.394 e. The molecule has 1 saturated heterocycles. The van der Waals surface area contributed by atoms with Crippen LogP contribution in [0.15, 0.2) is 21.9 Å². The minimum Gasteiger partial charge on any atom is -0.394 e. The third-order valence-corrected chi connectivity index (χ3v) is 2.55. The van der Waals surface area contributed by atoms with E-state index in [2.05, 4.69) is 0 Å². The molecule has 1 aliphatic rings. The van der Waals surface area contributed by atoms with Crippen molar-refractivity contribution in [3.05, 3.63) is 33.1 Å². The van der Waals surface area contributed by atoms with Crippen molar-refractivity contribution >= 4 is 0 Å². The van der Waals surface area contributed by atoms with Gasteiger partial charge in [0.05, 0.1) is 6.61 Å². The Morgan fingerprint density at radius 2 is 2.12 bits per heavy atom. The van der Waals surface area contributed by atoms with Crippen molar-refractivity contribution in [3.63, 3.8) is 0 Å². The first-order valence-electron chi connectivity index (χ1n) is 4.90. The number of hydrogen-bond donors (Lipinski definition) is 2. The van der Waals surface area contributed by atoms with Crippen LogP contribution in [-0.4, -0.2) is 39.7 Å². The molecular weight excluding hydrogens is 238 g/mol. The summed E-state index contributed by atoms with van der Waals surface area (Å²) in [7, 11) is 0. The Kier molecular flexibility index (Phi) is 3.07. The highest BCUT2D eigenvalue weighted by molar-refractivity contribution is 4.93. The average molecular weight is 248 g/mol. The molecule has 0 aliphatic carbocycles. The number of aliphatic hydroxyl groups excluding tert-OH is 1. The molecule has 0 amide bonds. The molecule has 17 heavy (non-hydrogen) atoms. The Bertz CT molecular complexity index is 514. The zero-order valence-electron chi connectivity index (χ0n) is 8.55. The van der Waals surface area contributed by atoms with E-state index in [1.165, 1.54) is 0 Å². The number of ether oxygens (including phenoxy) is 1. The number of nitrogens with one attached hydrogen (secondary N) is 1. The van der Waals surface area contributed by atoms with Crippen LogP contribution in [0.5, 0.6) is 0 Å². The van der Waals surface area contributed by atoms with Crippen molar-refractivity contribution in [1.82, 2.24) is 9.55 Å². The molecule has 2 heterocycles. The highest BCUT2D eigenvalue weighted by Crippen LogP contribution is 2.32. The summed E-state index contributed by atoms with van der Waals surface area (Å²) in [6.07, 6.45) is -5.86. The highest BCUT2D eigenvalue weighted by Gasteiger charge is 2.46. The van der Waals surface area contributed by atoms with Gasteiger partial charge in [-0.05, 0) is 0 Å². The van der Waals surface area contributed by atoms with Crippen LogP contribution in [0, 0.1) is 0 Å². The van der Waals surface area contributed by atoms with Crippen molar-refractivity contribution in [2.75, 3.05) is 6.61 Å². The molecule has 2 rings (SSSR count). The van der Waals surface area contributed by atoms with Gasteiger partial charge >= 0.3 is 5.69 Å². The van der Waals surface area contributed by atoms with Crippen LogP contribution in [0.1, 0.15) is 6.23 Å². The molecule has 0 aromatic carbocycles. The first-order valence-corrected chi connectivity index (χ1v) is 4.90. The van der Waals surface area contributed by atoms with Gasteiger partial charge in [-0.1, -0.05) is 0 Å². The molecule has 6 nitrogen and oxygen atoms in total. The molecule has 4 atom stereocenters. The Hall–Kier alpha value is -1.54. The van der Waals surface area contributed by atoms with Gasteiger partial charge in [-0.25, -0.2) is 13.6 Å². The van der Waals surface area contributed by atoms with Gasteiger partial charge in [0.1, 0.15) is 6.10 Å². The molecule has 8 heteroatoms. The molecule has 0 spiro atoms. The molecular formula is C9H10F2N2O4. The highest BCUT2D eigenvalue weighted by atomic mass is 19.2. The number of aromatic nitrogens is 2. The molecule has 1 aliphatic heterocycles. The molecule has 1 aromatic heterocycles. The van der Waals surface area contributed by atoms with E-state index in [1.54, 1.807) is 0 Å². The summed E-state index contributed by atoms with van der Waals surface area (Å²) in [6.45, 7) is -0.684. The molecule has 0 bridgehead atoms. The molecule has 1 fully saturated rings. The molecule has 2 N–H and O–H groups in total. The van der Waals surface area contributed by atoms with Gasteiger partial charge in [0.25, 0.3) is 5.56 Å². The predicted molar refractivity (Wildman–Crippen MR) is 52.1 cm³/mol. The number of nitrogens with zero attached hydrogens (tertiary/aromatic N) is 1. The molecule has 0 saturated carbocycles. The minimum atomic E-state index is -2.07. The number of aromatic amines is 1. The zero-order chi connectivity index (χ0) is 12.6. The van der Waals surface area contributed by atoms with Gasteiger partial charge in [0, 0.05) is 12.3 Å². The maximum Gasteiger partial charge on any atom is 0.330 e. The second-order valence-corrected chi connectivity index (χ2v) is 3.65. The third kappa shape index (κ3) is 2.01. The predicted octanol–water partition coefficient (Wildman–Crippen LogP) is -0.898. The van der Waals surface area contributed by atoms with Gasteiger partial charge in [0.2, 0.25) is 0 Å². The normalized spacial score (nSPS) is 32.9. The average Bonchev–Trinajstić information content (AvgIpc) is 2.57. The topological polar surface area (TPSA) is 84.3 Å². The minimum absolute atomic E-state index is 0.643. The standard InChI is InChI=1S/C9H10F2N2O4/c10-6-4(3-14)17-8(7(6)11)13-2-1-5(15)12-9(13)16/h1-2,4,6-8,14H,3H2,(H,12,15,16)/t4-,6-,7-,8-/m1/s1. The second kappa shape index (κ2) is 4.38. The molecule has 0 unspecified atom stereocenters.